The lowest BCUT2D eigenvalue weighted by Gasteiger charge is -2.29. The number of carboxylic acids is 1. The Labute approximate surface area is 169 Å². The number of carboxylic acid groups (broad SMARTS) is 1. The van der Waals surface area contributed by atoms with Gasteiger partial charge in [0.15, 0.2) is 6.61 Å². The Balaban J connectivity index is 1.56. The second-order valence-electron chi connectivity index (χ2n) is 7.83. The van der Waals surface area contributed by atoms with Crippen LogP contribution in [0.5, 0.6) is 5.75 Å². The van der Waals surface area contributed by atoms with Crippen molar-refractivity contribution in [3.05, 3.63) is 39.2 Å². The van der Waals surface area contributed by atoms with E-state index in [9.17, 15) is 19.5 Å². The van der Waals surface area contributed by atoms with Gasteiger partial charge in [0, 0.05) is 29.0 Å². The third kappa shape index (κ3) is 4.60. The van der Waals surface area contributed by atoms with Gasteiger partial charge in [0.25, 0.3) is 5.91 Å². The minimum atomic E-state index is -0.979. The lowest BCUT2D eigenvalue weighted by atomic mass is 9.82. The molecule has 1 saturated carbocycles. The Hall–Kier alpha value is -2.83. The summed E-state index contributed by atoms with van der Waals surface area (Å²) in [6.45, 7) is 5.77. The number of aryl methyl sites for hydroxylation is 2. The summed E-state index contributed by atoms with van der Waals surface area (Å²) >= 11 is 0. The molecule has 1 aromatic carbocycles. The van der Waals surface area contributed by atoms with E-state index in [1.54, 1.807) is 19.9 Å². The van der Waals surface area contributed by atoms with Crippen molar-refractivity contribution >= 4 is 22.8 Å². The van der Waals surface area contributed by atoms with Crippen LogP contribution in [0, 0.1) is 32.6 Å². The number of carbonyl (C=O) groups is 2. The Morgan fingerprint density at radius 2 is 1.79 bits per heavy atom. The number of carbonyl (C=O) groups excluding carboxylic acids is 2. The molecule has 0 bridgehead atoms. The predicted molar refractivity (Wildman–Crippen MR) is 106 cm³/mol. The van der Waals surface area contributed by atoms with Crippen LogP contribution in [0.15, 0.2) is 21.3 Å². The molecule has 7 heteroatoms. The molecule has 2 aromatic rings. The summed E-state index contributed by atoms with van der Waals surface area (Å²) < 4.78 is 11.1. The molecule has 7 nitrogen and oxygen atoms in total. The van der Waals surface area contributed by atoms with E-state index >= 15 is 0 Å². The fourth-order valence-electron chi connectivity index (χ4n) is 3.84. The molecular formula is C22H26NO6-. The van der Waals surface area contributed by atoms with E-state index in [1.807, 2.05) is 13.0 Å². The van der Waals surface area contributed by atoms with Crippen LogP contribution in [0.1, 0.15) is 42.4 Å². The first-order chi connectivity index (χ1) is 13.8. The Morgan fingerprint density at radius 1 is 1.10 bits per heavy atom. The van der Waals surface area contributed by atoms with Crippen molar-refractivity contribution in [1.29, 1.82) is 0 Å². The van der Waals surface area contributed by atoms with E-state index in [2.05, 4.69) is 5.32 Å². The average molecular weight is 400 g/mol. The number of ether oxygens (including phenoxy) is 1. The molecule has 156 valence electrons. The van der Waals surface area contributed by atoms with Gasteiger partial charge in [-0.25, -0.2) is 4.79 Å². The number of rotatable bonds is 6. The van der Waals surface area contributed by atoms with Crippen molar-refractivity contribution in [2.75, 3.05) is 13.2 Å². The molecule has 0 saturated heterocycles. The highest BCUT2D eigenvalue weighted by atomic mass is 16.5. The van der Waals surface area contributed by atoms with Crippen LogP contribution in [0.4, 0.5) is 0 Å². The van der Waals surface area contributed by atoms with Crippen LogP contribution in [0.3, 0.4) is 0 Å². The highest BCUT2D eigenvalue weighted by Crippen LogP contribution is 2.29. The van der Waals surface area contributed by atoms with Crippen molar-refractivity contribution in [3.8, 4) is 5.75 Å². The van der Waals surface area contributed by atoms with E-state index in [4.69, 9.17) is 9.15 Å². The lowest BCUT2D eigenvalue weighted by molar-refractivity contribution is -0.312. The number of aliphatic carboxylic acids is 1. The molecule has 0 atom stereocenters. The number of fused-ring (bicyclic) bond motifs is 1. The number of hydrogen-bond acceptors (Lipinski definition) is 6. The standard InChI is InChI=1S/C22H27NO6/c1-12-13(2)22(27)29-20-14(3)18(9-8-17(12)20)28-11-19(24)23-10-15-4-6-16(7-5-15)21(25)26/h8-9,15-16H,4-7,10-11H2,1-3H3,(H,23,24)(H,25,26)/p-1. The number of nitrogens with one attached hydrogen (secondary N) is 1. The van der Waals surface area contributed by atoms with Gasteiger partial charge in [0.2, 0.25) is 0 Å². The van der Waals surface area contributed by atoms with Crippen LogP contribution in [0.25, 0.3) is 11.0 Å². The minimum Gasteiger partial charge on any atom is -0.550 e. The second-order valence-corrected chi connectivity index (χ2v) is 7.83. The molecule has 0 unspecified atom stereocenters. The highest BCUT2D eigenvalue weighted by molar-refractivity contribution is 5.85. The zero-order valence-corrected chi connectivity index (χ0v) is 17.0. The summed E-state index contributed by atoms with van der Waals surface area (Å²) in [5, 5.41) is 14.6. The maximum absolute atomic E-state index is 12.1. The van der Waals surface area contributed by atoms with Crippen molar-refractivity contribution in [2.45, 2.75) is 46.5 Å². The van der Waals surface area contributed by atoms with E-state index < -0.39 is 5.97 Å². The van der Waals surface area contributed by atoms with Gasteiger partial charge in [0.05, 0.1) is 0 Å². The van der Waals surface area contributed by atoms with E-state index in [0.29, 0.717) is 41.8 Å². The molecule has 3 rings (SSSR count). The van der Waals surface area contributed by atoms with Gasteiger partial charge in [-0.05, 0) is 76.0 Å². The molecule has 0 radical (unpaired) electrons. The van der Waals surface area contributed by atoms with Gasteiger partial charge in [0.1, 0.15) is 11.3 Å². The fourth-order valence-corrected chi connectivity index (χ4v) is 3.84. The van der Waals surface area contributed by atoms with Crippen LogP contribution < -0.4 is 20.8 Å². The molecule has 1 fully saturated rings. The van der Waals surface area contributed by atoms with Gasteiger partial charge in [-0.15, -0.1) is 0 Å². The highest BCUT2D eigenvalue weighted by Gasteiger charge is 2.22. The number of benzene rings is 1. The topological polar surface area (TPSA) is 109 Å². The molecule has 1 aliphatic rings. The Kier molecular flexibility index (Phi) is 6.25. The van der Waals surface area contributed by atoms with Crippen molar-refractivity contribution in [2.24, 2.45) is 11.8 Å². The number of hydrogen-bond donors (Lipinski definition) is 1. The predicted octanol–water partition coefficient (Wildman–Crippen LogP) is 1.77. The normalized spacial score (nSPS) is 19.1. The van der Waals surface area contributed by atoms with Gasteiger partial charge < -0.3 is 24.4 Å². The number of amides is 1. The SMILES string of the molecule is Cc1c(C)c2ccc(OCC(=O)NCC3CCC(C(=O)[O-])CC3)c(C)c2oc1=O. The van der Waals surface area contributed by atoms with Crippen molar-refractivity contribution < 1.29 is 23.8 Å². The summed E-state index contributed by atoms with van der Waals surface area (Å²) in [7, 11) is 0. The fraction of sp³-hybridized carbons (Fsp3) is 0.500. The van der Waals surface area contributed by atoms with E-state index in [0.717, 1.165) is 23.8 Å². The third-order valence-corrected chi connectivity index (χ3v) is 5.95. The van der Waals surface area contributed by atoms with Gasteiger partial charge in [-0.2, -0.15) is 0 Å². The first-order valence-corrected chi connectivity index (χ1v) is 9.92. The second kappa shape index (κ2) is 8.68. The molecule has 29 heavy (non-hydrogen) atoms. The summed E-state index contributed by atoms with van der Waals surface area (Å²) in [6.07, 6.45) is 2.72. The molecule has 0 aliphatic heterocycles. The molecule has 1 aliphatic carbocycles. The molecule has 0 spiro atoms. The Bertz CT molecular complexity index is 985. The minimum absolute atomic E-state index is 0.143. The van der Waals surface area contributed by atoms with Crippen LogP contribution >= 0.6 is 0 Å². The zero-order chi connectivity index (χ0) is 21.1. The zero-order valence-electron chi connectivity index (χ0n) is 17.0. The first-order valence-electron chi connectivity index (χ1n) is 9.92. The third-order valence-electron chi connectivity index (χ3n) is 5.95. The summed E-state index contributed by atoms with van der Waals surface area (Å²) in [4.78, 5) is 35.0. The first kappa shape index (κ1) is 20.9. The summed E-state index contributed by atoms with van der Waals surface area (Å²) in [5.74, 6) is -0.819. The van der Waals surface area contributed by atoms with Gasteiger partial charge in [-0.3, -0.25) is 4.79 Å². The summed E-state index contributed by atoms with van der Waals surface area (Å²) in [6, 6.07) is 3.61. The molecule has 1 N–H and O–H groups in total. The van der Waals surface area contributed by atoms with E-state index in [1.165, 1.54) is 0 Å². The van der Waals surface area contributed by atoms with E-state index in [-0.39, 0.29) is 30.0 Å². The van der Waals surface area contributed by atoms with Gasteiger partial charge >= 0.3 is 5.63 Å². The average Bonchev–Trinajstić information content (AvgIpc) is 2.71. The Morgan fingerprint density at radius 3 is 2.45 bits per heavy atom. The monoisotopic (exact) mass is 400 g/mol. The van der Waals surface area contributed by atoms with Crippen molar-refractivity contribution in [3.63, 3.8) is 0 Å². The quantitative estimate of drug-likeness (QED) is 0.740. The van der Waals surface area contributed by atoms with Crippen LogP contribution in [-0.4, -0.2) is 25.0 Å². The smallest absolute Gasteiger partial charge is 0.339 e. The summed E-state index contributed by atoms with van der Waals surface area (Å²) in [5.41, 5.74) is 2.23. The maximum Gasteiger partial charge on any atom is 0.339 e. The van der Waals surface area contributed by atoms with Crippen LogP contribution in [0.2, 0.25) is 0 Å². The molecule has 1 amide bonds. The molecule has 1 aromatic heterocycles. The molecule has 1 heterocycles. The lowest BCUT2D eigenvalue weighted by Crippen LogP contribution is -2.37. The largest absolute Gasteiger partial charge is 0.550 e. The maximum atomic E-state index is 12.1. The van der Waals surface area contributed by atoms with Gasteiger partial charge in [-0.1, -0.05) is 0 Å². The van der Waals surface area contributed by atoms with Crippen molar-refractivity contribution in [1.82, 2.24) is 5.32 Å². The van der Waals surface area contributed by atoms with Crippen LogP contribution in [-0.2, 0) is 9.59 Å². The molecular weight excluding hydrogens is 374 g/mol.